The minimum absolute atomic E-state index is 0.212. The Kier molecular flexibility index (Phi) is 6.28. The number of hydrogen-bond donors (Lipinski definition) is 2. The molecule has 2 N–H and O–H groups in total. The fraction of sp³-hybridized carbons (Fsp3) is 0.400. The van der Waals surface area contributed by atoms with Crippen molar-refractivity contribution >= 4 is 17.2 Å². The molecular formula is C25H28FN3O2. The van der Waals surface area contributed by atoms with Crippen molar-refractivity contribution in [2.24, 2.45) is 11.8 Å². The highest BCUT2D eigenvalue weighted by molar-refractivity contribution is 6.03. The molecule has 4 rings (SSSR count). The second-order valence-corrected chi connectivity index (χ2v) is 8.75. The maximum atomic E-state index is 14.3. The van der Waals surface area contributed by atoms with Crippen LogP contribution in [-0.4, -0.2) is 27.1 Å². The number of aliphatic hydroxyl groups excluding tert-OH is 1. The summed E-state index contributed by atoms with van der Waals surface area (Å²) in [5, 5.41) is 13.0. The summed E-state index contributed by atoms with van der Waals surface area (Å²) in [6.07, 6.45) is 9.46. The summed E-state index contributed by atoms with van der Waals surface area (Å²) in [6.45, 7) is 4.08. The average molecular weight is 422 g/mol. The maximum absolute atomic E-state index is 14.3. The van der Waals surface area contributed by atoms with E-state index in [0.717, 1.165) is 24.8 Å². The Morgan fingerprint density at radius 2 is 2.06 bits per heavy atom. The third-order valence-electron chi connectivity index (χ3n) is 6.34. The number of aliphatic hydroxyl groups is 1. The van der Waals surface area contributed by atoms with E-state index in [0.29, 0.717) is 23.4 Å². The molecule has 0 saturated heterocycles. The quantitative estimate of drug-likeness (QED) is 0.705. The van der Waals surface area contributed by atoms with Crippen LogP contribution in [0.15, 0.2) is 54.6 Å². The normalized spacial score (nSPS) is 26.1. The lowest BCUT2D eigenvalue weighted by molar-refractivity contribution is 0.0712. The van der Waals surface area contributed by atoms with Crippen molar-refractivity contribution < 1.29 is 14.3 Å². The summed E-state index contributed by atoms with van der Waals surface area (Å²) in [5.41, 5.74) is 2.94. The monoisotopic (exact) mass is 421 g/mol. The van der Waals surface area contributed by atoms with Gasteiger partial charge in [0.1, 0.15) is 11.5 Å². The van der Waals surface area contributed by atoms with Gasteiger partial charge in [0.2, 0.25) is 0 Å². The second-order valence-electron chi connectivity index (χ2n) is 8.75. The Morgan fingerprint density at radius 1 is 1.23 bits per heavy atom. The SMILES string of the molecule is CC1C=CC(F)=C(c2cccc(C(=O)Nc3cnccc3C3CC[C@@H](O)C(C)C3)n2)C1. The number of nitrogens with one attached hydrogen (secondary N) is 1. The van der Waals surface area contributed by atoms with Gasteiger partial charge in [-0.3, -0.25) is 9.78 Å². The zero-order valence-electron chi connectivity index (χ0n) is 17.9. The lowest BCUT2D eigenvalue weighted by atomic mass is 9.77. The summed E-state index contributed by atoms with van der Waals surface area (Å²) >= 11 is 0. The molecule has 0 radical (unpaired) electrons. The first-order chi connectivity index (χ1) is 14.9. The van der Waals surface area contributed by atoms with E-state index in [4.69, 9.17) is 0 Å². The summed E-state index contributed by atoms with van der Waals surface area (Å²) in [6, 6.07) is 7.04. The molecule has 31 heavy (non-hydrogen) atoms. The maximum Gasteiger partial charge on any atom is 0.274 e. The van der Waals surface area contributed by atoms with E-state index >= 15 is 0 Å². The van der Waals surface area contributed by atoms with E-state index in [1.54, 1.807) is 30.6 Å². The van der Waals surface area contributed by atoms with Gasteiger partial charge in [0.05, 0.1) is 23.7 Å². The van der Waals surface area contributed by atoms with Crippen LogP contribution in [0.1, 0.15) is 67.2 Å². The van der Waals surface area contributed by atoms with Gasteiger partial charge in [0, 0.05) is 11.8 Å². The van der Waals surface area contributed by atoms with Crippen LogP contribution in [0.25, 0.3) is 5.57 Å². The molecule has 3 unspecified atom stereocenters. The Labute approximate surface area is 182 Å². The zero-order chi connectivity index (χ0) is 22.0. The number of anilines is 1. The first-order valence-corrected chi connectivity index (χ1v) is 10.9. The van der Waals surface area contributed by atoms with Gasteiger partial charge < -0.3 is 10.4 Å². The Morgan fingerprint density at radius 3 is 2.87 bits per heavy atom. The first-order valence-electron chi connectivity index (χ1n) is 10.9. The molecule has 4 atom stereocenters. The number of hydrogen-bond acceptors (Lipinski definition) is 4. The second kappa shape index (κ2) is 9.10. The number of carbonyl (C=O) groups is 1. The standard InChI is InChI=1S/C25H28FN3O2/c1-15-6-8-20(26)19(12-15)21-4-3-5-22(28-21)25(31)29-23-14-27-11-10-18(23)17-7-9-24(30)16(2)13-17/h3-6,8,10-11,14-17,24,30H,7,9,12-13H2,1-2H3,(H,29,31)/t15?,16?,17?,24-/m1/s1. The van der Waals surface area contributed by atoms with Crippen molar-refractivity contribution in [1.29, 1.82) is 0 Å². The summed E-state index contributed by atoms with van der Waals surface area (Å²) in [4.78, 5) is 21.6. The van der Waals surface area contributed by atoms with Crippen LogP contribution in [0.4, 0.5) is 10.1 Å². The highest BCUT2D eigenvalue weighted by atomic mass is 19.1. The number of halogens is 1. The smallest absolute Gasteiger partial charge is 0.274 e. The van der Waals surface area contributed by atoms with Crippen LogP contribution in [0, 0.1) is 11.8 Å². The van der Waals surface area contributed by atoms with Gasteiger partial charge in [0.15, 0.2) is 0 Å². The number of pyridine rings is 2. The molecule has 162 valence electrons. The van der Waals surface area contributed by atoms with E-state index in [1.165, 1.54) is 6.08 Å². The lowest BCUT2D eigenvalue weighted by Crippen LogP contribution is -2.26. The van der Waals surface area contributed by atoms with E-state index in [9.17, 15) is 14.3 Å². The number of aromatic nitrogens is 2. The van der Waals surface area contributed by atoms with Crippen LogP contribution in [0.3, 0.4) is 0 Å². The van der Waals surface area contributed by atoms with Crippen LogP contribution in [0.5, 0.6) is 0 Å². The third-order valence-corrected chi connectivity index (χ3v) is 6.34. The highest BCUT2D eigenvalue weighted by Crippen LogP contribution is 2.39. The zero-order valence-corrected chi connectivity index (χ0v) is 17.9. The average Bonchev–Trinajstić information content (AvgIpc) is 2.78. The fourth-order valence-corrected chi connectivity index (χ4v) is 4.51. The summed E-state index contributed by atoms with van der Waals surface area (Å²) in [5.74, 6) is 0.0459. The van der Waals surface area contributed by atoms with Crippen molar-refractivity contribution in [3.63, 3.8) is 0 Å². The van der Waals surface area contributed by atoms with Crippen molar-refractivity contribution in [3.05, 3.63) is 71.6 Å². The van der Waals surface area contributed by atoms with Crippen LogP contribution < -0.4 is 5.32 Å². The number of allylic oxidation sites excluding steroid dienone is 4. The van der Waals surface area contributed by atoms with Crippen LogP contribution >= 0.6 is 0 Å². The molecule has 0 aliphatic heterocycles. The van der Waals surface area contributed by atoms with Gasteiger partial charge in [-0.15, -0.1) is 0 Å². The molecule has 5 nitrogen and oxygen atoms in total. The number of carbonyl (C=O) groups excluding carboxylic acids is 1. The number of nitrogens with zero attached hydrogens (tertiary/aromatic N) is 2. The molecule has 0 aromatic carbocycles. The predicted molar refractivity (Wildman–Crippen MR) is 119 cm³/mol. The minimum Gasteiger partial charge on any atom is -0.393 e. The first kappa shape index (κ1) is 21.4. The van der Waals surface area contributed by atoms with Crippen molar-refractivity contribution in [3.8, 4) is 0 Å². The minimum atomic E-state index is -0.347. The molecular weight excluding hydrogens is 393 g/mol. The van der Waals surface area contributed by atoms with E-state index in [-0.39, 0.29) is 41.3 Å². The Balaban J connectivity index is 1.56. The molecule has 2 heterocycles. The molecule has 2 aliphatic rings. The summed E-state index contributed by atoms with van der Waals surface area (Å²) < 4.78 is 14.3. The van der Waals surface area contributed by atoms with Gasteiger partial charge in [0.25, 0.3) is 5.91 Å². The predicted octanol–water partition coefficient (Wildman–Crippen LogP) is 5.27. The van der Waals surface area contributed by atoms with Gasteiger partial charge in [-0.05, 0) is 73.3 Å². The topological polar surface area (TPSA) is 75.1 Å². The Hall–Kier alpha value is -2.86. The lowest BCUT2D eigenvalue weighted by Gasteiger charge is -2.32. The highest BCUT2D eigenvalue weighted by Gasteiger charge is 2.28. The van der Waals surface area contributed by atoms with E-state index < -0.39 is 0 Å². The van der Waals surface area contributed by atoms with Gasteiger partial charge in [-0.2, -0.15) is 0 Å². The van der Waals surface area contributed by atoms with E-state index in [1.807, 2.05) is 19.1 Å². The molecule has 2 aromatic rings. The van der Waals surface area contributed by atoms with Crippen LogP contribution in [-0.2, 0) is 0 Å². The molecule has 0 spiro atoms. The molecule has 2 aliphatic carbocycles. The van der Waals surface area contributed by atoms with Crippen molar-refractivity contribution in [1.82, 2.24) is 9.97 Å². The molecule has 1 fully saturated rings. The Bertz CT molecular complexity index is 1030. The molecule has 0 bridgehead atoms. The largest absolute Gasteiger partial charge is 0.393 e. The van der Waals surface area contributed by atoms with Crippen molar-refractivity contribution in [2.75, 3.05) is 5.32 Å². The molecule has 1 saturated carbocycles. The summed E-state index contributed by atoms with van der Waals surface area (Å²) in [7, 11) is 0. The van der Waals surface area contributed by atoms with Gasteiger partial charge in [-0.1, -0.05) is 26.0 Å². The fourth-order valence-electron chi connectivity index (χ4n) is 4.51. The van der Waals surface area contributed by atoms with E-state index in [2.05, 4.69) is 22.2 Å². The van der Waals surface area contributed by atoms with Gasteiger partial charge in [-0.25, -0.2) is 9.37 Å². The van der Waals surface area contributed by atoms with Crippen molar-refractivity contribution in [2.45, 2.75) is 51.6 Å². The molecule has 1 amide bonds. The van der Waals surface area contributed by atoms with Crippen LogP contribution in [0.2, 0.25) is 0 Å². The number of rotatable bonds is 4. The molecule has 2 aromatic heterocycles. The number of amides is 1. The third kappa shape index (κ3) is 4.74. The van der Waals surface area contributed by atoms with Gasteiger partial charge >= 0.3 is 0 Å². The molecule has 6 heteroatoms.